The van der Waals surface area contributed by atoms with Crippen LogP contribution in [0.1, 0.15) is 35.1 Å². The molecule has 2 aromatic carbocycles. The van der Waals surface area contributed by atoms with E-state index >= 15 is 0 Å². The smallest absolute Gasteiger partial charge is 0.255 e. The number of carbonyl (C=O) groups is 3. The van der Waals surface area contributed by atoms with Crippen molar-refractivity contribution in [2.24, 2.45) is 17.6 Å². The second-order valence-electron chi connectivity index (χ2n) is 9.36. The molecule has 0 radical (unpaired) electrons. The fraction of sp³-hybridized carbons (Fsp3) is 0.222. The molecular weight excluding hydrogens is 466 g/mol. The van der Waals surface area contributed by atoms with E-state index in [4.69, 9.17) is 5.73 Å². The third-order valence-electron chi connectivity index (χ3n) is 7.33. The first-order valence-corrected chi connectivity index (χ1v) is 11.3. The maximum Gasteiger partial charge on any atom is 0.255 e. The molecular formula is C27H23NO8. The summed E-state index contributed by atoms with van der Waals surface area (Å²) in [6.07, 6.45) is 3.50. The first kappa shape index (κ1) is 23.4. The zero-order valence-corrected chi connectivity index (χ0v) is 18.9. The highest BCUT2D eigenvalue weighted by atomic mass is 16.3. The SMILES string of the molecule is NC(=O)C1=C(O)[C@@]2(O)C(=O)C3=C(O)c4c(O)ccc(/C=C/c5ccc(O)cc5)c4C[C@H]3C[C@H]2CC1=O. The van der Waals surface area contributed by atoms with Gasteiger partial charge in [-0.3, -0.25) is 14.4 Å². The van der Waals surface area contributed by atoms with Crippen LogP contribution in [0.2, 0.25) is 0 Å². The van der Waals surface area contributed by atoms with E-state index in [2.05, 4.69) is 0 Å². The number of phenolic OH excluding ortho intramolecular Hbond substituents is 2. The van der Waals surface area contributed by atoms with Gasteiger partial charge in [-0.2, -0.15) is 0 Å². The number of rotatable bonds is 3. The Morgan fingerprint density at radius 3 is 2.33 bits per heavy atom. The summed E-state index contributed by atoms with van der Waals surface area (Å²) in [4.78, 5) is 37.7. The van der Waals surface area contributed by atoms with Gasteiger partial charge < -0.3 is 31.3 Å². The lowest BCUT2D eigenvalue weighted by Gasteiger charge is -2.46. The lowest BCUT2D eigenvalue weighted by Crippen LogP contribution is -2.58. The number of aliphatic hydroxyl groups excluding tert-OH is 2. The molecule has 36 heavy (non-hydrogen) atoms. The zero-order valence-electron chi connectivity index (χ0n) is 18.9. The summed E-state index contributed by atoms with van der Waals surface area (Å²) < 4.78 is 0. The molecule has 7 N–H and O–H groups in total. The van der Waals surface area contributed by atoms with Crippen LogP contribution in [0.4, 0.5) is 0 Å². The van der Waals surface area contributed by atoms with E-state index in [0.717, 1.165) is 5.56 Å². The largest absolute Gasteiger partial charge is 0.508 e. The molecule has 0 spiro atoms. The predicted molar refractivity (Wildman–Crippen MR) is 128 cm³/mol. The Bertz CT molecular complexity index is 1430. The standard InChI is InChI=1S/C27H23NO8/c28-26(35)22-19(31)11-15-9-14-10-17-13(4-1-12-2-6-16(29)7-3-12)5-8-18(30)21(17)23(32)20(14)24(33)27(15,36)25(22)34/h1-8,14-15,29-30,32,34,36H,9-11H2,(H2,28,35)/b4-1+/t14-,15+,27+/m1/s1. The molecule has 1 amide bonds. The van der Waals surface area contributed by atoms with Gasteiger partial charge >= 0.3 is 0 Å². The van der Waals surface area contributed by atoms with Gasteiger partial charge in [-0.1, -0.05) is 30.4 Å². The average Bonchev–Trinajstić information content (AvgIpc) is 2.81. The third-order valence-corrected chi connectivity index (χ3v) is 7.33. The van der Waals surface area contributed by atoms with Gasteiger partial charge in [0.25, 0.3) is 5.91 Å². The fourth-order valence-electron chi connectivity index (χ4n) is 5.57. The average molecular weight is 489 g/mol. The molecule has 0 aliphatic heterocycles. The van der Waals surface area contributed by atoms with Crippen molar-refractivity contribution in [1.82, 2.24) is 0 Å². The van der Waals surface area contributed by atoms with Gasteiger partial charge in [0.1, 0.15) is 28.6 Å². The Kier molecular flexibility index (Phi) is 5.26. The van der Waals surface area contributed by atoms with Gasteiger partial charge in [-0.15, -0.1) is 0 Å². The van der Waals surface area contributed by atoms with E-state index in [0.29, 0.717) is 11.1 Å². The monoisotopic (exact) mass is 489 g/mol. The molecule has 3 atom stereocenters. The molecule has 3 aliphatic rings. The molecule has 184 valence electrons. The number of benzene rings is 2. The molecule has 1 saturated carbocycles. The number of nitrogens with two attached hydrogens (primary N) is 1. The van der Waals surface area contributed by atoms with Crippen LogP contribution in [0.25, 0.3) is 17.9 Å². The lowest BCUT2D eigenvalue weighted by atomic mass is 9.59. The van der Waals surface area contributed by atoms with Crippen LogP contribution in [-0.2, 0) is 20.8 Å². The predicted octanol–water partition coefficient (Wildman–Crippen LogP) is 2.30. The molecule has 2 aromatic rings. The van der Waals surface area contributed by atoms with E-state index in [1.807, 2.05) is 0 Å². The number of aliphatic hydroxyl groups is 3. The van der Waals surface area contributed by atoms with Crippen molar-refractivity contribution in [3.05, 3.63) is 75.6 Å². The number of hydrogen-bond acceptors (Lipinski definition) is 8. The van der Waals surface area contributed by atoms with Gasteiger partial charge in [-0.25, -0.2) is 0 Å². The number of Topliss-reactive ketones (excluding diaryl/α,β-unsaturated/α-hetero) is 2. The number of phenols is 2. The Morgan fingerprint density at radius 1 is 0.972 bits per heavy atom. The fourth-order valence-corrected chi connectivity index (χ4v) is 5.57. The Labute approximate surface area is 205 Å². The van der Waals surface area contributed by atoms with Crippen molar-refractivity contribution in [2.75, 3.05) is 0 Å². The van der Waals surface area contributed by atoms with E-state index in [1.54, 1.807) is 42.5 Å². The first-order chi connectivity index (χ1) is 17.0. The number of ketones is 2. The third kappa shape index (κ3) is 3.31. The topological polar surface area (TPSA) is 178 Å². The lowest BCUT2D eigenvalue weighted by molar-refractivity contribution is -0.147. The minimum atomic E-state index is -2.58. The first-order valence-electron chi connectivity index (χ1n) is 11.3. The van der Waals surface area contributed by atoms with Gasteiger partial charge in [-0.05, 0) is 53.6 Å². The van der Waals surface area contributed by atoms with Crippen LogP contribution in [0.5, 0.6) is 11.5 Å². The van der Waals surface area contributed by atoms with Crippen molar-refractivity contribution in [3.63, 3.8) is 0 Å². The second-order valence-corrected chi connectivity index (χ2v) is 9.36. The molecule has 0 aromatic heterocycles. The molecule has 1 fully saturated rings. The Morgan fingerprint density at radius 2 is 1.67 bits per heavy atom. The maximum atomic E-state index is 13.5. The molecule has 0 bridgehead atoms. The highest BCUT2D eigenvalue weighted by Crippen LogP contribution is 2.52. The molecule has 0 saturated heterocycles. The minimum Gasteiger partial charge on any atom is -0.508 e. The molecule has 0 heterocycles. The highest BCUT2D eigenvalue weighted by molar-refractivity contribution is 6.22. The summed E-state index contributed by atoms with van der Waals surface area (Å²) in [5.74, 6) is -6.43. The number of aromatic hydroxyl groups is 2. The summed E-state index contributed by atoms with van der Waals surface area (Å²) in [7, 11) is 0. The molecule has 0 unspecified atom stereocenters. The van der Waals surface area contributed by atoms with Crippen LogP contribution in [0.15, 0.2) is 53.3 Å². The van der Waals surface area contributed by atoms with E-state index in [1.165, 1.54) is 6.07 Å². The summed E-state index contributed by atoms with van der Waals surface area (Å²) in [5, 5.41) is 53.1. The maximum absolute atomic E-state index is 13.5. The molecule has 9 heteroatoms. The molecule has 3 aliphatic carbocycles. The van der Waals surface area contributed by atoms with Crippen LogP contribution in [0.3, 0.4) is 0 Å². The van der Waals surface area contributed by atoms with Gasteiger partial charge in [0.05, 0.1) is 5.56 Å². The summed E-state index contributed by atoms with van der Waals surface area (Å²) in [5.41, 5.74) is 3.71. The second kappa shape index (κ2) is 8.10. The summed E-state index contributed by atoms with van der Waals surface area (Å²) in [6, 6.07) is 9.56. The van der Waals surface area contributed by atoms with Crippen molar-refractivity contribution in [3.8, 4) is 11.5 Å². The summed E-state index contributed by atoms with van der Waals surface area (Å²) >= 11 is 0. The van der Waals surface area contributed by atoms with Crippen molar-refractivity contribution in [2.45, 2.75) is 24.9 Å². The van der Waals surface area contributed by atoms with Crippen molar-refractivity contribution in [1.29, 1.82) is 0 Å². The van der Waals surface area contributed by atoms with Gasteiger partial charge in [0, 0.05) is 17.9 Å². The van der Waals surface area contributed by atoms with E-state index in [-0.39, 0.29) is 41.9 Å². The van der Waals surface area contributed by atoms with Crippen LogP contribution < -0.4 is 5.73 Å². The van der Waals surface area contributed by atoms with E-state index in [9.17, 15) is 39.9 Å². The number of fused-ring (bicyclic) bond motifs is 3. The number of primary amides is 1. The van der Waals surface area contributed by atoms with Gasteiger partial charge in [0.15, 0.2) is 11.4 Å². The minimum absolute atomic E-state index is 0.0370. The van der Waals surface area contributed by atoms with Crippen molar-refractivity contribution >= 4 is 35.4 Å². The quantitative estimate of drug-likeness (QED) is 0.281. The number of amides is 1. The number of carbonyl (C=O) groups excluding carboxylic acids is 3. The normalized spacial score (nSPS) is 25.6. The zero-order chi connectivity index (χ0) is 25.9. The molecule has 9 nitrogen and oxygen atoms in total. The Balaban J connectivity index is 1.62. The van der Waals surface area contributed by atoms with E-state index < -0.39 is 52.0 Å². The van der Waals surface area contributed by atoms with Crippen LogP contribution in [-0.4, -0.2) is 48.6 Å². The summed E-state index contributed by atoms with van der Waals surface area (Å²) in [6.45, 7) is 0. The van der Waals surface area contributed by atoms with Gasteiger partial charge in [0.2, 0.25) is 5.78 Å². The number of hydrogen-bond donors (Lipinski definition) is 6. The van der Waals surface area contributed by atoms with Crippen LogP contribution >= 0.6 is 0 Å². The Hall–Kier alpha value is -4.37. The van der Waals surface area contributed by atoms with Crippen molar-refractivity contribution < 1.29 is 39.9 Å². The van der Waals surface area contributed by atoms with Crippen LogP contribution in [0, 0.1) is 11.8 Å². The highest BCUT2D eigenvalue weighted by Gasteiger charge is 2.60. The molecule has 5 rings (SSSR count).